The number of aliphatic hydroxyl groups is 4. The third-order valence-corrected chi connectivity index (χ3v) is 6.62. The summed E-state index contributed by atoms with van der Waals surface area (Å²) in [6.45, 7) is 11.6. The van der Waals surface area contributed by atoms with Crippen molar-refractivity contribution >= 4 is 5.91 Å². The molecule has 0 unspecified atom stereocenters. The number of nitrogens with zero attached hydrogens (tertiary/aromatic N) is 2. The number of hydrogen-bond donors (Lipinski definition) is 4. The zero-order valence-corrected chi connectivity index (χ0v) is 20.9. The third kappa shape index (κ3) is 9.10. The molecule has 1 heterocycles. The van der Waals surface area contributed by atoms with Gasteiger partial charge in [0.15, 0.2) is 0 Å². The van der Waals surface area contributed by atoms with Gasteiger partial charge in [-0.2, -0.15) is 0 Å². The van der Waals surface area contributed by atoms with Crippen LogP contribution in [0.1, 0.15) is 79.6 Å². The van der Waals surface area contributed by atoms with Crippen molar-refractivity contribution in [2.24, 2.45) is 11.3 Å². The van der Waals surface area contributed by atoms with Gasteiger partial charge in [0.1, 0.15) is 12.2 Å². The van der Waals surface area contributed by atoms with Gasteiger partial charge < -0.3 is 25.3 Å². The maximum Gasteiger partial charge on any atom is 0.231 e. The van der Waals surface area contributed by atoms with Crippen LogP contribution >= 0.6 is 0 Å². The molecule has 4 N–H and O–H groups in total. The fourth-order valence-electron chi connectivity index (χ4n) is 4.26. The van der Waals surface area contributed by atoms with Gasteiger partial charge in [0, 0.05) is 24.7 Å². The molecule has 7 heteroatoms. The summed E-state index contributed by atoms with van der Waals surface area (Å²) in [6, 6.07) is -0.548. The summed E-state index contributed by atoms with van der Waals surface area (Å²) in [5.74, 6) is 0.799. The van der Waals surface area contributed by atoms with Crippen LogP contribution in [-0.4, -0.2) is 86.7 Å². The molecule has 0 aromatic heterocycles. The molecule has 0 radical (unpaired) electrons. The standard InChI is InChI=1S/C25H48N2O5/c1-6-19(7-2)13-12-16-26(24(32)25(3,4)5)14-10-8-9-11-15-27-17-21(29)23(31)22(30)20(27)18-28/h12,16,19-23,28-31H,6-11,13-15,17-18H2,1-5H3/b16-12+/t20-,21+,22-,23-/m1/s1. The Morgan fingerprint density at radius 3 is 2.25 bits per heavy atom. The molecule has 1 fully saturated rings. The second-order valence-electron chi connectivity index (χ2n) is 10.3. The second kappa shape index (κ2) is 14.3. The van der Waals surface area contributed by atoms with E-state index in [1.165, 1.54) is 0 Å². The molecule has 0 bridgehead atoms. The minimum absolute atomic E-state index is 0.138. The second-order valence-corrected chi connectivity index (χ2v) is 10.3. The molecule has 188 valence electrons. The number of hydrogen-bond acceptors (Lipinski definition) is 6. The molecule has 0 aliphatic carbocycles. The smallest absolute Gasteiger partial charge is 0.231 e. The molecular formula is C25H48N2O5. The van der Waals surface area contributed by atoms with Gasteiger partial charge in [0.05, 0.1) is 18.8 Å². The normalized spacial score (nSPS) is 25.1. The van der Waals surface area contributed by atoms with Gasteiger partial charge in [0.2, 0.25) is 5.91 Å². The van der Waals surface area contributed by atoms with Gasteiger partial charge in [-0.3, -0.25) is 9.69 Å². The molecular weight excluding hydrogens is 408 g/mol. The number of carbonyl (C=O) groups is 1. The van der Waals surface area contributed by atoms with Gasteiger partial charge >= 0.3 is 0 Å². The van der Waals surface area contributed by atoms with Crippen LogP contribution in [-0.2, 0) is 4.79 Å². The van der Waals surface area contributed by atoms with Crippen molar-refractivity contribution in [1.29, 1.82) is 0 Å². The lowest BCUT2D eigenvalue weighted by Gasteiger charge is -2.43. The van der Waals surface area contributed by atoms with Gasteiger partial charge in [-0.25, -0.2) is 0 Å². The predicted octanol–water partition coefficient (Wildman–Crippen LogP) is 2.52. The highest BCUT2D eigenvalue weighted by Crippen LogP contribution is 2.21. The number of β-amino-alcohol motifs (C(OH)–C–C–N with tert-alkyl or cyclic N) is 1. The van der Waals surface area contributed by atoms with Gasteiger partial charge in [-0.15, -0.1) is 0 Å². The molecule has 0 saturated carbocycles. The lowest BCUT2D eigenvalue weighted by molar-refractivity contribution is -0.145. The first-order valence-electron chi connectivity index (χ1n) is 12.4. The molecule has 0 spiro atoms. The number of piperidine rings is 1. The van der Waals surface area contributed by atoms with Crippen molar-refractivity contribution in [3.63, 3.8) is 0 Å². The number of likely N-dealkylation sites (tertiary alicyclic amines) is 1. The summed E-state index contributed by atoms with van der Waals surface area (Å²) >= 11 is 0. The van der Waals surface area contributed by atoms with Gasteiger partial charge in [0.25, 0.3) is 0 Å². The molecule has 1 saturated heterocycles. The van der Waals surface area contributed by atoms with E-state index in [0.29, 0.717) is 19.0 Å². The summed E-state index contributed by atoms with van der Waals surface area (Å²) in [6.07, 6.45) is 7.74. The van der Waals surface area contributed by atoms with E-state index < -0.39 is 29.8 Å². The van der Waals surface area contributed by atoms with Crippen LogP contribution in [0.3, 0.4) is 0 Å². The average molecular weight is 457 g/mol. The molecule has 32 heavy (non-hydrogen) atoms. The van der Waals surface area contributed by atoms with Crippen molar-refractivity contribution in [3.05, 3.63) is 12.3 Å². The average Bonchev–Trinajstić information content (AvgIpc) is 2.75. The fourth-order valence-corrected chi connectivity index (χ4v) is 4.26. The van der Waals surface area contributed by atoms with Crippen LogP contribution in [0.5, 0.6) is 0 Å². The Morgan fingerprint density at radius 1 is 1.06 bits per heavy atom. The quantitative estimate of drug-likeness (QED) is 0.318. The summed E-state index contributed by atoms with van der Waals surface area (Å²) in [5.41, 5.74) is -0.418. The first-order chi connectivity index (χ1) is 15.1. The molecule has 1 aliphatic heterocycles. The maximum atomic E-state index is 12.8. The van der Waals surface area contributed by atoms with Crippen molar-refractivity contribution in [1.82, 2.24) is 9.80 Å². The predicted molar refractivity (Wildman–Crippen MR) is 128 cm³/mol. The van der Waals surface area contributed by atoms with E-state index in [0.717, 1.165) is 44.9 Å². The number of carbonyl (C=O) groups excluding carboxylic acids is 1. The largest absolute Gasteiger partial charge is 0.395 e. The van der Waals surface area contributed by atoms with E-state index in [1.807, 2.05) is 36.8 Å². The Balaban J connectivity index is 2.47. The van der Waals surface area contributed by atoms with Crippen LogP contribution < -0.4 is 0 Å². The van der Waals surface area contributed by atoms with E-state index in [4.69, 9.17) is 0 Å². The van der Waals surface area contributed by atoms with E-state index in [2.05, 4.69) is 19.9 Å². The first kappa shape index (κ1) is 29.0. The van der Waals surface area contributed by atoms with E-state index >= 15 is 0 Å². The molecule has 1 aliphatic rings. The minimum atomic E-state index is -1.22. The number of amides is 1. The lowest BCUT2D eigenvalue weighted by atomic mass is 9.94. The van der Waals surface area contributed by atoms with Crippen LogP contribution in [0, 0.1) is 11.3 Å². The molecule has 1 rings (SSSR count). The Morgan fingerprint density at radius 2 is 1.69 bits per heavy atom. The van der Waals surface area contributed by atoms with Crippen molar-refractivity contribution in [2.75, 3.05) is 26.2 Å². The summed E-state index contributed by atoms with van der Waals surface area (Å²) < 4.78 is 0. The van der Waals surface area contributed by atoms with Crippen molar-refractivity contribution in [3.8, 4) is 0 Å². The SMILES string of the molecule is CCC(CC)C/C=C/N(CCCCCCN1C[C@H](O)[C@@H](O)[C@H](O)[C@H]1CO)C(=O)C(C)(C)C. The Hall–Kier alpha value is -0.990. The number of unbranched alkanes of at least 4 members (excludes halogenated alkanes) is 3. The summed E-state index contributed by atoms with van der Waals surface area (Å²) in [5, 5.41) is 39.3. The maximum absolute atomic E-state index is 12.8. The Kier molecular flexibility index (Phi) is 13.0. The molecule has 4 atom stereocenters. The van der Waals surface area contributed by atoms with E-state index in [-0.39, 0.29) is 19.1 Å². The lowest BCUT2D eigenvalue weighted by Crippen LogP contribution is -2.62. The van der Waals surface area contributed by atoms with Gasteiger partial charge in [-0.05, 0) is 31.7 Å². The number of allylic oxidation sites excluding steroid dienone is 1. The minimum Gasteiger partial charge on any atom is -0.395 e. The monoisotopic (exact) mass is 456 g/mol. The zero-order valence-electron chi connectivity index (χ0n) is 20.9. The van der Waals surface area contributed by atoms with Gasteiger partial charge in [-0.1, -0.05) is 66.4 Å². The molecule has 0 aromatic carbocycles. The molecule has 0 aromatic rings. The Labute approximate surface area is 195 Å². The molecule has 7 nitrogen and oxygen atoms in total. The molecule has 1 amide bonds. The highest BCUT2D eigenvalue weighted by Gasteiger charge is 2.40. The van der Waals surface area contributed by atoms with Crippen LogP contribution in [0.2, 0.25) is 0 Å². The van der Waals surface area contributed by atoms with Crippen molar-refractivity contribution < 1.29 is 25.2 Å². The van der Waals surface area contributed by atoms with Crippen molar-refractivity contribution in [2.45, 2.75) is 104 Å². The Bertz CT molecular complexity index is 559. The van der Waals surface area contributed by atoms with Crippen LogP contribution in [0.25, 0.3) is 0 Å². The highest BCUT2D eigenvalue weighted by atomic mass is 16.4. The zero-order chi connectivity index (χ0) is 24.3. The summed E-state index contributed by atoms with van der Waals surface area (Å²) in [4.78, 5) is 16.6. The number of aliphatic hydroxyl groups excluding tert-OH is 4. The van der Waals surface area contributed by atoms with E-state index in [9.17, 15) is 25.2 Å². The number of rotatable bonds is 13. The third-order valence-electron chi connectivity index (χ3n) is 6.62. The first-order valence-corrected chi connectivity index (χ1v) is 12.4. The summed E-state index contributed by atoms with van der Waals surface area (Å²) in [7, 11) is 0. The van der Waals surface area contributed by atoms with Crippen LogP contribution in [0.4, 0.5) is 0 Å². The highest BCUT2D eigenvalue weighted by molar-refractivity contribution is 5.82. The topological polar surface area (TPSA) is 104 Å². The van der Waals surface area contributed by atoms with Crippen LogP contribution in [0.15, 0.2) is 12.3 Å². The van der Waals surface area contributed by atoms with E-state index in [1.54, 1.807) is 0 Å². The fraction of sp³-hybridized carbons (Fsp3) is 0.880.